The summed E-state index contributed by atoms with van der Waals surface area (Å²) in [6.07, 6.45) is 6.81. The molecule has 0 atom stereocenters. The smallest absolute Gasteiger partial charge is 0.308 e. The number of hydrogen-bond acceptors (Lipinski definition) is 8. The molecule has 12 heteroatoms. The summed E-state index contributed by atoms with van der Waals surface area (Å²) in [6.45, 7) is 3.52. The summed E-state index contributed by atoms with van der Waals surface area (Å²) in [5.41, 5.74) is 0.663. The van der Waals surface area contributed by atoms with Crippen LogP contribution >= 0.6 is 11.3 Å². The first kappa shape index (κ1) is 23.9. The van der Waals surface area contributed by atoms with Crippen molar-refractivity contribution in [1.82, 2.24) is 23.7 Å². The van der Waals surface area contributed by atoms with Crippen LogP contribution in [0, 0.1) is 0 Å². The van der Waals surface area contributed by atoms with Gasteiger partial charge in [0.25, 0.3) is 0 Å². The molecule has 0 radical (unpaired) electrons. The number of aromatic nitrogens is 3. The number of likely N-dealkylation sites (tertiary alicyclic amines) is 1. The van der Waals surface area contributed by atoms with Gasteiger partial charge < -0.3 is 9.80 Å². The van der Waals surface area contributed by atoms with Gasteiger partial charge in [-0.05, 0) is 43.5 Å². The van der Waals surface area contributed by atoms with Crippen molar-refractivity contribution in [3.8, 4) is 0 Å². The van der Waals surface area contributed by atoms with Crippen LogP contribution in [-0.2, 0) is 21.4 Å². The molecule has 1 aromatic carbocycles. The molecule has 0 saturated carbocycles. The molecule has 0 N–H and O–H groups in total. The lowest BCUT2D eigenvalue weighted by Crippen LogP contribution is -2.49. The van der Waals surface area contributed by atoms with Crippen LogP contribution in [0.5, 0.6) is 0 Å². The highest BCUT2D eigenvalue weighted by Crippen LogP contribution is 2.25. The summed E-state index contributed by atoms with van der Waals surface area (Å²) in [6, 6.07) is 6.56. The first-order valence-electron chi connectivity index (χ1n) is 11.9. The number of amides is 1. The molecule has 4 heterocycles. The zero-order valence-corrected chi connectivity index (χ0v) is 21.0. The predicted molar refractivity (Wildman–Crippen MR) is 134 cm³/mol. The number of thiazole rings is 1. The van der Waals surface area contributed by atoms with Crippen LogP contribution in [0.25, 0.3) is 10.2 Å². The standard InChI is InChI=1S/C23H28N6O4S2/c30-21(26-10-2-1-3-11-26)7-12-29-19-6-5-18(17-20(19)34-23(29)31)35(32,33)28-15-13-27(14-16-28)22-24-8-4-9-25-22/h4-6,8-9,17H,1-3,7,10-16H2. The fourth-order valence-electron chi connectivity index (χ4n) is 4.66. The zero-order valence-electron chi connectivity index (χ0n) is 19.4. The summed E-state index contributed by atoms with van der Waals surface area (Å²) in [5.74, 6) is 0.658. The second kappa shape index (κ2) is 10.0. The number of carbonyl (C=O) groups is 1. The van der Waals surface area contributed by atoms with E-state index in [1.54, 1.807) is 41.2 Å². The fourth-order valence-corrected chi connectivity index (χ4v) is 7.14. The molecule has 186 valence electrons. The van der Waals surface area contributed by atoms with Crippen molar-refractivity contribution < 1.29 is 13.2 Å². The van der Waals surface area contributed by atoms with E-state index in [1.165, 1.54) is 4.31 Å². The maximum Gasteiger partial charge on any atom is 0.308 e. The van der Waals surface area contributed by atoms with Gasteiger partial charge in [-0.1, -0.05) is 11.3 Å². The van der Waals surface area contributed by atoms with Crippen LogP contribution in [0.2, 0.25) is 0 Å². The van der Waals surface area contributed by atoms with E-state index in [0.29, 0.717) is 48.9 Å². The summed E-state index contributed by atoms with van der Waals surface area (Å²) in [5, 5.41) is 0. The van der Waals surface area contributed by atoms with Gasteiger partial charge in [-0.15, -0.1) is 0 Å². The molecule has 2 aliphatic heterocycles. The van der Waals surface area contributed by atoms with Gasteiger partial charge in [-0.2, -0.15) is 4.31 Å². The fraction of sp³-hybridized carbons (Fsp3) is 0.478. The Morgan fingerprint density at radius 2 is 1.69 bits per heavy atom. The maximum absolute atomic E-state index is 13.3. The third-order valence-corrected chi connectivity index (χ3v) is 9.45. The van der Waals surface area contributed by atoms with E-state index >= 15 is 0 Å². The molecule has 2 saturated heterocycles. The third-order valence-electron chi connectivity index (χ3n) is 6.61. The number of piperidine rings is 1. The van der Waals surface area contributed by atoms with E-state index in [-0.39, 0.29) is 22.1 Å². The minimum absolute atomic E-state index is 0.0650. The number of fused-ring (bicyclic) bond motifs is 1. The summed E-state index contributed by atoms with van der Waals surface area (Å²) in [7, 11) is -3.70. The molecular weight excluding hydrogens is 488 g/mol. The molecule has 5 rings (SSSR count). The van der Waals surface area contributed by atoms with E-state index in [1.807, 2.05) is 9.80 Å². The van der Waals surface area contributed by atoms with E-state index in [0.717, 1.165) is 43.7 Å². The van der Waals surface area contributed by atoms with Gasteiger partial charge in [-0.25, -0.2) is 18.4 Å². The molecular formula is C23H28N6O4S2. The monoisotopic (exact) mass is 516 g/mol. The molecule has 10 nitrogen and oxygen atoms in total. The molecule has 0 spiro atoms. The van der Waals surface area contributed by atoms with Crippen molar-refractivity contribution in [3.05, 3.63) is 46.3 Å². The number of nitrogens with zero attached hydrogens (tertiary/aromatic N) is 6. The molecule has 1 amide bonds. The van der Waals surface area contributed by atoms with Gasteiger partial charge in [0, 0.05) is 64.6 Å². The Morgan fingerprint density at radius 3 is 2.40 bits per heavy atom. The lowest BCUT2D eigenvalue weighted by Gasteiger charge is -2.33. The first-order chi connectivity index (χ1) is 16.9. The molecule has 35 heavy (non-hydrogen) atoms. The van der Waals surface area contributed by atoms with Crippen molar-refractivity contribution in [3.63, 3.8) is 0 Å². The Balaban J connectivity index is 1.29. The molecule has 0 aliphatic carbocycles. The van der Waals surface area contributed by atoms with E-state index < -0.39 is 10.0 Å². The van der Waals surface area contributed by atoms with Gasteiger partial charge >= 0.3 is 4.87 Å². The molecule has 0 bridgehead atoms. The predicted octanol–water partition coefficient (Wildman–Crippen LogP) is 1.77. The topological polar surface area (TPSA) is 109 Å². The van der Waals surface area contributed by atoms with Gasteiger partial charge in [-0.3, -0.25) is 14.2 Å². The first-order valence-corrected chi connectivity index (χ1v) is 14.1. The normalized spacial score (nSPS) is 17.7. The van der Waals surface area contributed by atoms with E-state index in [9.17, 15) is 18.0 Å². The van der Waals surface area contributed by atoms with Gasteiger partial charge in [0.1, 0.15) is 0 Å². The van der Waals surface area contributed by atoms with Crippen molar-refractivity contribution in [2.24, 2.45) is 0 Å². The highest BCUT2D eigenvalue weighted by molar-refractivity contribution is 7.89. The van der Waals surface area contributed by atoms with E-state index in [2.05, 4.69) is 9.97 Å². The van der Waals surface area contributed by atoms with Crippen LogP contribution in [-0.4, -0.2) is 77.3 Å². The Hall–Kier alpha value is -2.83. The van der Waals surface area contributed by atoms with Gasteiger partial charge in [0.05, 0.1) is 15.1 Å². The highest BCUT2D eigenvalue weighted by atomic mass is 32.2. The molecule has 2 fully saturated rings. The van der Waals surface area contributed by atoms with Gasteiger partial charge in [0.2, 0.25) is 21.9 Å². The highest BCUT2D eigenvalue weighted by Gasteiger charge is 2.30. The second-order valence-electron chi connectivity index (χ2n) is 8.78. The van der Waals surface area contributed by atoms with Crippen LogP contribution < -0.4 is 9.77 Å². The summed E-state index contributed by atoms with van der Waals surface area (Å²) >= 11 is 1.02. The molecule has 3 aromatic rings. The van der Waals surface area contributed by atoms with Crippen molar-refractivity contribution in [2.75, 3.05) is 44.2 Å². The van der Waals surface area contributed by atoms with E-state index in [4.69, 9.17) is 0 Å². The Kier molecular flexibility index (Phi) is 6.85. The average Bonchev–Trinajstić information content (AvgIpc) is 3.22. The summed E-state index contributed by atoms with van der Waals surface area (Å²) < 4.78 is 30.3. The Labute approximate surface area is 207 Å². The summed E-state index contributed by atoms with van der Waals surface area (Å²) in [4.78, 5) is 37.5. The molecule has 2 aliphatic rings. The number of anilines is 1. The maximum atomic E-state index is 13.3. The number of hydrogen-bond donors (Lipinski definition) is 0. The third kappa shape index (κ3) is 4.95. The largest absolute Gasteiger partial charge is 0.343 e. The SMILES string of the molecule is O=C(CCn1c(=O)sc2cc(S(=O)(=O)N3CCN(c4ncccn4)CC3)ccc21)N1CCCCC1. The van der Waals surface area contributed by atoms with Crippen LogP contribution in [0.3, 0.4) is 0 Å². The molecule has 2 aromatic heterocycles. The lowest BCUT2D eigenvalue weighted by molar-refractivity contribution is -0.132. The minimum Gasteiger partial charge on any atom is -0.343 e. The Bertz CT molecular complexity index is 1360. The zero-order chi connectivity index (χ0) is 24.4. The quantitative estimate of drug-likeness (QED) is 0.491. The van der Waals surface area contributed by atoms with Crippen LogP contribution in [0.1, 0.15) is 25.7 Å². The number of benzene rings is 1. The van der Waals surface area contributed by atoms with Crippen LogP contribution in [0.4, 0.5) is 5.95 Å². The average molecular weight is 517 g/mol. The van der Waals surface area contributed by atoms with Gasteiger partial charge in [0.15, 0.2) is 0 Å². The van der Waals surface area contributed by atoms with Crippen molar-refractivity contribution >= 4 is 43.4 Å². The van der Waals surface area contributed by atoms with Crippen molar-refractivity contribution in [2.45, 2.75) is 37.1 Å². The number of aryl methyl sites for hydroxylation is 1. The second-order valence-corrected chi connectivity index (χ2v) is 11.7. The number of sulfonamides is 1. The minimum atomic E-state index is -3.70. The Morgan fingerprint density at radius 1 is 0.971 bits per heavy atom. The number of carbonyl (C=O) groups excluding carboxylic acids is 1. The number of rotatable bonds is 6. The van der Waals surface area contributed by atoms with Crippen LogP contribution in [0.15, 0.2) is 46.3 Å². The number of piperazine rings is 1. The lowest BCUT2D eigenvalue weighted by atomic mass is 10.1. The van der Waals surface area contributed by atoms with Crippen molar-refractivity contribution in [1.29, 1.82) is 0 Å². The molecule has 0 unspecified atom stereocenters.